The van der Waals surface area contributed by atoms with Gasteiger partial charge in [-0.15, -0.1) is 82.1 Å². The first-order chi connectivity index (χ1) is 39.7. The second-order valence-corrected chi connectivity index (χ2v) is 28.5. The molecule has 4 aliphatic heterocycles. The van der Waals surface area contributed by atoms with Crippen LogP contribution in [-0.2, 0) is 52.4 Å². The molecule has 82 heavy (non-hydrogen) atoms. The van der Waals surface area contributed by atoms with Gasteiger partial charge in [-0.1, -0.05) is 0 Å². The minimum Gasteiger partial charge on any atom is -0.479 e. The number of hydrogen-bond donors (Lipinski definition) is 3. The molecule has 0 aliphatic carbocycles. The molecule has 446 valence electrons. The molecule has 0 atom stereocenters. The van der Waals surface area contributed by atoms with Crippen LogP contribution in [-0.4, -0.2) is 137 Å². The van der Waals surface area contributed by atoms with Gasteiger partial charge in [-0.2, -0.15) is 0 Å². The lowest BCUT2D eigenvalue weighted by molar-refractivity contribution is 0.0834. The van der Waals surface area contributed by atoms with Crippen molar-refractivity contribution in [1.82, 2.24) is 57.5 Å². The number of aromatic nitrogens is 12. The Morgan fingerprint density at radius 1 is 0.549 bits per heavy atom. The van der Waals surface area contributed by atoms with Gasteiger partial charge in [0.15, 0.2) is 0 Å². The molecule has 32 heteroatoms. The molecule has 22 nitrogen and oxygen atoms in total. The van der Waals surface area contributed by atoms with Crippen molar-refractivity contribution in [2.75, 3.05) is 67.1 Å². The zero-order valence-electron chi connectivity index (χ0n) is 44.7. The Morgan fingerprint density at radius 3 is 1.11 bits per heavy atom. The van der Waals surface area contributed by atoms with Gasteiger partial charge in [0, 0.05) is 134 Å². The lowest BCUT2D eigenvalue weighted by atomic mass is 10.00. The topological polar surface area (TPSA) is 253 Å². The standard InChI is InChI=1S/C13H16ClN3O2.C13H17N3O3.2C12H14ClN3O2.BBr3.Cl2OS/c1-18-13-11-7-15-12(9-2-4-19-5-3-9)17(11)8-10(6-14)16-13;1-18-13-11-6-14-12(9-2-4-19-5-3-9)16(11)7-10(8-17)15-13;2*13-5-9-7-16-10(12(17)15-9)6-14-11(16)8-1-3-18-4-2-8;2-1(3)4;1-4(2)3/h7-9H,2-6H2,1H3;6-7,9,17H,2-5,8H2,1H3;2*6-8H,1-5H2,(H,15,17);;. The van der Waals surface area contributed by atoms with E-state index < -0.39 is 9.23 Å². The summed E-state index contributed by atoms with van der Waals surface area (Å²) >= 11 is 26.8. The van der Waals surface area contributed by atoms with E-state index in [0.717, 1.165) is 144 Å². The van der Waals surface area contributed by atoms with E-state index in [4.69, 9.17) is 67.4 Å². The Hall–Kier alpha value is -3.42. The monoisotopic (exact) mass is 1440 g/mol. The smallest absolute Gasteiger partial charge is 0.369 e. The highest BCUT2D eigenvalue weighted by molar-refractivity contribution is 9.69. The van der Waals surface area contributed by atoms with Crippen molar-refractivity contribution in [3.05, 3.63) is 116 Å². The minimum atomic E-state index is -1.67. The summed E-state index contributed by atoms with van der Waals surface area (Å²) in [4.78, 5) is 55.6. The maximum absolute atomic E-state index is 11.9. The Bertz CT molecular complexity index is 3220. The van der Waals surface area contributed by atoms with Crippen LogP contribution >= 0.6 is 103 Å². The fourth-order valence-corrected chi connectivity index (χ4v) is 10.2. The number of hydrogen-bond acceptors (Lipinski definition) is 16. The van der Waals surface area contributed by atoms with Crippen LogP contribution in [0, 0.1) is 0 Å². The van der Waals surface area contributed by atoms with E-state index in [1.54, 1.807) is 32.8 Å². The fraction of sp³-hybridized carbons (Fsp3) is 0.520. The Labute approximate surface area is 523 Å². The second-order valence-electron chi connectivity index (χ2n) is 18.7. The van der Waals surface area contributed by atoms with Gasteiger partial charge in [-0.05, 0) is 51.4 Å². The van der Waals surface area contributed by atoms with Crippen molar-refractivity contribution in [3.8, 4) is 11.8 Å². The summed E-state index contributed by atoms with van der Waals surface area (Å²) < 4.78 is 49.2. The first-order valence-corrected chi connectivity index (χ1v) is 33.1. The van der Waals surface area contributed by atoms with Crippen LogP contribution in [0.4, 0.5) is 0 Å². The second kappa shape index (κ2) is 33.5. The number of methoxy groups -OCH3 is 2. The summed E-state index contributed by atoms with van der Waals surface area (Å²) in [5.41, 5.74) is 5.38. The fourth-order valence-electron chi connectivity index (χ4n) is 9.83. The van der Waals surface area contributed by atoms with Crippen molar-refractivity contribution >= 4 is 138 Å². The molecule has 0 amide bonds. The molecule has 12 rings (SSSR count). The highest BCUT2D eigenvalue weighted by atomic mass is 79.9. The Morgan fingerprint density at radius 2 is 0.829 bits per heavy atom. The lowest BCUT2D eigenvalue weighted by Crippen LogP contribution is -2.18. The summed E-state index contributed by atoms with van der Waals surface area (Å²) in [7, 11) is 10.5. The number of fused-ring (bicyclic) bond motifs is 4. The summed E-state index contributed by atoms with van der Waals surface area (Å²) in [6, 6.07) is 0. The molecule has 8 aromatic rings. The molecule has 0 bridgehead atoms. The van der Waals surface area contributed by atoms with Crippen LogP contribution in [0.1, 0.15) is 121 Å². The maximum Gasteiger partial charge on any atom is 0.369 e. The van der Waals surface area contributed by atoms with Crippen LogP contribution in [0.15, 0.2) is 59.2 Å². The molecule has 0 spiro atoms. The number of imidazole rings is 4. The van der Waals surface area contributed by atoms with E-state index in [1.165, 1.54) is 0 Å². The molecule has 0 unspecified atom stereocenters. The molecule has 0 aromatic carbocycles. The Balaban J connectivity index is 0.000000151. The highest BCUT2D eigenvalue weighted by Gasteiger charge is 2.26. The van der Waals surface area contributed by atoms with Gasteiger partial charge in [0.25, 0.3) is 11.1 Å². The number of aliphatic hydroxyl groups is 1. The van der Waals surface area contributed by atoms with Crippen molar-refractivity contribution in [2.24, 2.45) is 0 Å². The van der Waals surface area contributed by atoms with E-state index in [0.29, 0.717) is 69.4 Å². The number of H-pyrrole nitrogens is 2. The molecule has 4 aliphatic rings. The summed E-state index contributed by atoms with van der Waals surface area (Å²) in [5.74, 6) is 7.43. The van der Waals surface area contributed by atoms with Crippen molar-refractivity contribution < 1.29 is 37.7 Å². The number of rotatable bonds is 10. The van der Waals surface area contributed by atoms with Crippen LogP contribution in [0.2, 0.25) is 0 Å². The quantitative estimate of drug-likeness (QED) is 0.0654. The minimum absolute atomic E-state index is 0.113. The van der Waals surface area contributed by atoms with Crippen LogP contribution in [0.5, 0.6) is 11.8 Å². The van der Waals surface area contributed by atoms with Crippen molar-refractivity contribution in [2.45, 2.75) is 99.3 Å². The molecule has 4 fully saturated rings. The normalized spacial score (nSPS) is 16.2. The zero-order valence-corrected chi connectivity index (χ0v) is 54.0. The summed E-state index contributed by atoms with van der Waals surface area (Å²) in [5, 5.41) is 9.28. The molecule has 8 aromatic heterocycles. The average Bonchev–Trinajstić information content (AvgIpc) is 4.48. The number of ether oxygens (including phenoxy) is 6. The molecule has 0 radical (unpaired) electrons. The molecule has 3 N–H and O–H groups in total. The maximum atomic E-state index is 11.9. The van der Waals surface area contributed by atoms with E-state index in [9.17, 15) is 14.7 Å². The largest absolute Gasteiger partial charge is 0.479 e. The zero-order chi connectivity index (χ0) is 58.7. The molecule has 4 saturated heterocycles. The molecule has 0 saturated carbocycles. The first kappa shape index (κ1) is 66.1. The number of aromatic amines is 2. The third-order valence-electron chi connectivity index (χ3n) is 13.7. The Kier molecular flexibility index (Phi) is 27.0. The van der Waals surface area contributed by atoms with Gasteiger partial charge in [0.1, 0.15) is 45.4 Å². The van der Waals surface area contributed by atoms with E-state index >= 15 is 0 Å². The predicted octanol–water partition coefficient (Wildman–Crippen LogP) is 10.0. The molecular weight excluding hydrogens is 1390 g/mol. The van der Waals surface area contributed by atoms with E-state index in [1.807, 2.05) is 44.2 Å². The van der Waals surface area contributed by atoms with Gasteiger partial charge >= 0.3 is 3.18 Å². The van der Waals surface area contributed by atoms with E-state index in [-0.39, 0.29) is 32.7 Å². The SMILES string of the molecule is BrB(Br)Br.COc1nc(CCl)cn2c(C3CCOCC3)ncc12.COc1nc(CO)cn2c(C3CCOCC3)ncc12.O=S(Cl)Cl.O=c1[nH]c(CCl)cn2c(C3CCOCC3)ncc12.O=c1[nH]c(CCl)cn2c(C3CCOCC3)ncc12. The average molecular weight is 1450 g/mol. The van der Waals surface area contributed by atoms with Crippen molar-refractivity contribution in [1.29, 1.82) is 0 Å². The van der Waals surface area contributed by atoms with Crippen LogP contribution in [0.3, 0.4) is 0 Å². The highest BCUT2D eigenvalue weighted by Crippen LogP contribution is 2.32. The van der Waals surface area contributed by atoms with Crippen LogP contribution in [0.25, 0.3) is 22.1 Å². The van der Waals surface area contributed by atoms with Crippen molar-refractivity contribution in [3.63, 3.8) is 0 Å². The predicted molar refractivity (Wildman–Crippen MR) is 329 cm³/mol. The van der Waals surface area contributed by atoms with Gasteiger partial charge < -0.3 is 43.5 Å². The third-order valence-corrected chi connectivity index (χ3v) is 14.5. The lowest BCUT2D eigenvalue weighted by Gasteiger charge is -2.21. The molecule has 12 heterocycles. The number of alkyl halides is 3. The number of halogens is 8. The summed E-state index contributed by atoms with van der Waals surface area (Å²) in [6.45, 7) is 6.04. The number of aliphatic hydroxyl groups excluding tert-OH is 1. The molecular formula is C50H61BBr3Cl5N12O10S. The van der Waals surface area contributed by atoms with Gasteiger partial charge in [0.05, 0.1) is 74.6 Å². The van der Waals surface area contributed by atoms with Gasteiger partial charge in [-0.25, -0.2) is 34.1 Å². The summed E-state index contributed by atoms with van der Waals surface area (Å²) in [6.07, 6.45) is 22.1. The number of nitrogens with zero attached hydrogens (tertiary/aromatic N) is 10. The van der Waals surface area contributed by atoms with Crippen LogP contribution < -0.4 is 20.6 Å². The first-order valence-electron chi connectivity index (χ1n) is 26.0. The number of nitrogens with one attached hydrogen (secondary N) is 2. The van der Waals surface area contributed by atoms with E-state index in [2.05, 4.69) is 113 Å². The van der Waals surface area contributed by atoms with Gasteiger partial charge in [0.2, 0.25) is 21.0 Å². The van der Waals surface area contributed by atoms with Gasteiger partial charge in [-0.3, -0.25) is 27.2 Å². The third kappa shape index (κ3) is 17.8.